The summed E-state index contributed by atoms with van der Waals surface area (Å²) in [6.07, 6.45) is 3.73. The first-order chi connectivity index (χ1) is 9.39. The molecule has 3 nitrogen and oxygen atoms in total. The molecule has 110 valence electrons. The van der Waals surface area contributed by atoms with Gasteiger partial charge in [-0.05, 0) is 75.5 Å². The van der Waals surface area contributed by atoms with E-state index < -0.39 is 5.60 Å². The van der Waals surface area contributed by atoms with Crippen LogP contribution in [0.15, 0.2) is 22.7 Å². The SMILES string of the molecule is CC1CCCC(O)(CNC(=O)c2cc(I)ccc2Br)C1. The van der Waals surface area contributed by atoms with Gasteiger partial charge in [0.25, 0.3) is 5.91 Å². The van der Waals surface area contributed by atoms with E-state index in [9.17, 15) is 9.90 Å². The summed E-state index contributed by atoms with van der Waals surface area (Å²) < 4.78 is 1.79. The van der Waals surface area contributed by atoms with E-state index in [2.05, 4.69) is 50.8 Å². The Bertz CT molecular complexity index is 509. The van der Waals surface area contributed by atoms with Crippen molar-refractivity contribution in [3.05, 3.63) is 31.8 Å². The fourth-order valence-electron chi connectivity index (χ4n) is 2.80. The van der Waals surface area contributed by atoms with E-state index in [1.165, 1.54) is 6.42 Å². The lowest BCUT2D eigenvalue weighted by atomic mass is 9.79. The van der Waals surface area contributed by atoms with Gasteiger partial charge in [0.1, 0.15) is 0 Å². The number of halogens is 2. The van der Waals surface area contributed by atoms with Crippen LogP contribution in [0.3, 0.4) is 0 Å². The van der Waals surface area contributed by atoms with Gasteiger partial charge in [-0.15, -0.1) is 0 Å². The first-order valence-corrected chi connectivity index (χ1v) is 8.72. The molecule has 2 unspecified atom stereocenters. The Morgan fingerprint density at radius 1 is 1.60 bits per heavy atom. The smallest absolute Gasteiger partial charge is 0.252 e. The molecule has 0 spiro atoms. The van der Waals surface area contributed by atoms with E-state index >= 15 is 0 Å². The molecule has 0 heterocycles. The summed E-state index contributed by atoms with van der Waals surface area (Å²) in [6, 6.07) is 5.65. The van der Waals surface area contributed by atoms with Gasteiger partial charge in [0, 0.05) is 14.6 Å². The molecule has 1 fully saturated rings. The third-order valence-corrected chi connectivity index (χ3v) is 5.18. The highest BCUT2D eigenvalue weighted by Crippen LogP contribution is 2.31. The second kappa shape index (κ2) is 6.75. The monoisotopic (exact) mass is 451 g/mol. The molecule has 1 amide bonds. The van der Waals surface area contributed by atoms with E-state index in [-0.39, 0.29) is 5.91 Å². The van der Waals surface area contributed by atoms with Crippen molar-refractivity contribution in [1.29, 1.82) is 0 Å². The maximum atomic E-state index is 12.2. The molecule has 0 aromatic heterocycles. The predicted molar refractivity (Wildman–Crippen MR) is 91.8 cm³/mol. The van der Waals surface area contributed by atoms with Crippen LogP contribution in [0.1, 0.15) is 43.0 Å². The Kier molecular flexibility index (Phi) is 5.48. The van der Waals surface area contributed by atoms with Gasteiger partial charge in [-0.1, -0.05) is 19.8 Å². The second-order valence-electron chi connectivity index (χ2n) is 5.73. The van der Waals surface area contributed by atoms with E-state index in [0.29, 0.717) is 18.0 Å². The molecule has 20 heavy (non-hydrogen) atoms. The molecular weight excluding hydrogens is 433 g/mol. The lowest BCUT2D eigenvalue weighted by Gasteiger charge is -2.35. The molecule has 1 aliphatic rings. The highest BCUT2D eigenvalue weighted by molar-refractivity contribution is 14.1. The Hall–Kier alpha value is -0.140. The van der Waals surface area contributed by atoms with Gasteiger partial charge in [-0.3, -0.25) is 4.79 Å². The number of amides is 1. The number of benzene rings is 1. The molecular formula is C15H19BrINO2. The summed E-state index contributed by atoms with van der Waals surface area (Å²) in [5.41, 5.74) is -0.133. The molecule has 2 rings (SSSR count). The standard InChI is InChI=1S/C15H19BrINO2/c1-10-3-2-6-15(20,8-10)9-18-14(19)12-7-11(17)4-5-13(12)16/h4-5,7,10,20H,2-3,6,8-9H2,1H3,(H,18,19). The topological polar surface area (TPSA) is 49.3 Å². The summed E-state index contributed by atoms with van der Waals surface area (Å²) in [5, 5.41) is 13.4. The van der Waals surface area contributed by atoms with Crippen LogP contribution < -0.4 is 5.32 Å². The summed E-state index contributed by atoms with van der Waals surface area (Å²) in [6.45, 7) is 2.48. The van der Waals surface area contributed by atoms with Crippen LogP contribution >= 0.6 is 38.5 Å². The molecule has 1 aromatic carbocycles. The average Bonchev–Trinajstić information content (AvgIpc) is 2.39. The number of rotatable bonds is 3. The Morgan fingerprint density at radius 2 is 2.35 bits per heavy atom. The minimum Gasteiger partial charge on any atom is -0.388 e. The van der Waals surface area contributed by atoms with Gasteiger partial charge in [-0.25, -0.2) is 0 Å². The third-order valence-electron chi connectivity index (χ3n) is 3.82. The van der Waals surface area contributed by atoms with Crippen LogP contribution in [0.4, 0.5) is 0 Å². The maximum absolute atomic E-state index is 12.2. The van der Waals surface area contributed by atoms with E-state index in [1.807, 2.05) is 18.2 Å². The summed E-state index contributed by atoms with van der Waals surface area (Å²) in [5.74, 6) is 0.386. The number of carbonyl (C=O) groups is 1. The van der Waals surface area contributed by atoms with Gasteiger partial charge in [0.2, 0.25) is 0 Å². The largest absolute Gasteiger partial charge is 0.388 e. The Morgan fingerprint density at radius 3 is 3.05 bits per heavy atom. The van der Waals surface area contributed by atoms with Crippen LogP contribution in [0.5, 0.6) is 0 Å². The van der Waals surface area contributed by atoms with E-state index in [1.54, 1.807) is 0 Å². The van der Waals surface area contributed by atoms with Crippen molar-refractivity contribution in [1.82, 2.24) is 5.32 Å². The van der Waals surface area contributed by atoms with Crippen LogP contribution in [0, 0.1) is 9.49 Å². The highest BCUT2D eigenvalue weighted by atomic mass is 127. The van der Waals surface area contributed by atoms with Gasteiger partial charge in [0.15, 0.2) is 0 Å². The lowest BCUT2D eigenvalue weighted by molar-refractivity contribution is -0.0109. The summed E-state index contributed by atoms with van der Waals surface area (Å²) in [7, 11) is 0. The second-order valence-corrected chi connectivity index (χ2v) is 7.83. The Labute approximate surface area is 141 Å². The number of hydrogen-bond acceptors (Lipinski definition) is 2. The molecule has 2 N–H and O–H groups in total. The van der Waals surface area contributed by atoms with Crippen molar-refractivity contribution in [2.45, 2.75) is 38.2 Å². The number of hydrogen-bond donors (Lipinski definition) is 2. The minimum absolute atomic E-state index is 0.137. The van der Waals surface area contributed by atoms with Gasteiger partial charge < -0.3 is 10.4 Å². The average molecular weight is 452 g/mol. The van der Waals surface area contributed by atoms with Gasteiger partial charge in [0.05, 0.1) is 11.2 Å². The fourth-order valence-corrected chi connectivity index (χ4v) is 3.72. The zero-order valence-corrected chi connectivity index (χ0v) is 15.2. The van der Waals surface area contributed by atoms with E-state index in [4.69, 9.17) is 0 Å². The van der Waals surface area contributed by atoms with Crippen molar-refractivity contribution in [3.8, 4) is 0 Å². The summed E-state index contributed by atoms with van der Waals surface area (Å²) in [4.78, 5) is 12.2. The number of aliphatic hydroxyl groups is 1. The van der Waals surface area contributed by atoms with Crippen molar-refractivity contribution < 1.29 is 9.90 Å². The lowest BCUT2D eigenvalue weighted by Crippen LogP contribution is -2.45. The molecule has 0 aliphatic heterocycles. The maximum Gasteiger partial charge on any atom is 0.252 e. The fraction of sp³-hybridized carbons (Fsp3) is 0.533. The minimum atomic E-state index is -0.748. The first kappa shape index (κ1) is 16.2. The van der Waals surface area contributed by atoms with Crippen molar-refractivity contribution in [2.24, 2.45) is 5.92 Å². The molecule has 0 radical (unpaired) electrons. The van der Waals surface area contributed by atoms with Crippen LogP contribution in [0.2, 0.25) is 0 Å². The number of carbonyl (C=O) groups excluding carboxylic acids is 1. The van der Waals surface area contributed by atoms with Crippen LogP contribution in [0.25, 0.3) is 0 Å². The van der Waals surface area contributed by atoms with Gasteiger partial charge >= 0.3 is 0 Å². The zero-order valence-electron chi connectivity index (χ0n) is 11.5. The first-order valence-electron chi connectivity index (χ1n) is 6.85. The highest BCUT2D eigenvalue weighted by Gasteiger charge is 2.33. The van der Waals surface area contributed by atoms with Crippen LogP contribution in [-0.4, -0.2) is 23.2 Å². The molecule has 1 saturated carbocycles. The molecule has 0 bridgehead atoms. The third kappa shape index (κ3) is 4.18. The molecule has 1 aliphatic carbocycles. The normalized spacial score (nSPS) is 26.3. The van der Waals surface area contributed by atoms with Crippen molar-refractivity contribution >= 4 is 44.4 Å². The zero-order chi connectivity index (χ0) is 14.8. The molecule has 0 saturated heterocycles. The molecule has 1 aromatic rings. The van der Waals surface area contributed by atoms with Gasteiger partial charge in [-0.2, -0.15) is 0 Å². The number of nitrogens with one attached hydrogen (secondary N) is 1. The predicted octanol–water partition coefficient (Wildman–Crippen LogP) is 3.72. The van der Waals surface area contributed by atoms with Crippen molar-refractivity contribution in [2.75, 3.05) is 6.54 Å². The summed E-state index contributed by atoms with van der Waals surface area (Å²) >= 11 is 5.58. The molecule has 2 atom stereocenters. The quantitative estimate of drug-likeness (QED) is 0.688. The van der Waals surface area contributed by atoms with E-state index in [0.717, 1.165) is 27.3 Å². The van der Waals surface area contributed by atoms with Crippen LogP contribution in [-0.2, 0) is 0 Å². The van der Waals surface area contributed by atoms with Crippen molar-refractivity contribution in [3.63, 3.8) is 0 Å². The molecule has 5 heteroatoms. The Balaban J connectivity index is 1.99.